The van der Waals surface area contributed by atoms with Crippen molar-refractivity contribution in [2.45, 2.75) is 55.4 Å². The second-order valence-corrected chi connectivity index (χ2v) is 7.80. The summed E-state index contributed by atoms with van der Waals surface area (Å²) in [7, 11) is 0. The lowest BCUT2D eigenvalue weighted by Crippen LogP contribution is -1.74. The highest BCUT2D eigenvalue weighted by Crippen LogP contribution is 2.46. The van der Waals surface area contributed by atoms with Gasteiger partial charge < -0.3 is 0 Å². The highest BCUT2D eigenvalue weighted by Gasteiger charge is 2.19. The van der Waals surface area contributed by atoms with Gasteiger partial charge in [-0.05, 0) is 66.7 Å². The van der Waals surface area contributed by atoms with Crippen molar-refractivity contribution < 1.29 is 0 Å². The molecule has 38 heavy (non-hydrogen) atoms. The van der Waals surface area contributed by atoms with Crippen LogP contribution >= 0.6 is 0 Å². The summed E-state index contributed by atoms with van der Waals surface area (Å²) in [6.07, 6.45) is 0. The third-order valence-corrected chi connectivity index (χ3v) is 6.03. The maximum Gasteiger partial charge on any atom is -0.00264 e. The Kier molecular flexibility index (Phi) is 12.8. The van der Waals surface area contributed by atoms with Gasteiger partial charge in [0.1, 0.15) is 0 Å². The van der Waals surface area contributed by atoms with Gasteiger partial charge in [0.2, 0.25) is 0 Å². The summed E-state index contributed by atoms with van der Waals surface area (Å²) in [5, 5.41) is 7.99. The first-order valence-corrected chi connectivity index (χ1v) is 14.4. The van der Waals surface area contributed by atoms with E-state index in [0.29, 0.717) is 0 Å². The predicted molar refractivity (Wildman–Crippen MR) is 175 cm³/mol. The van der Waals surface area contributed by atoms with Crippen LogP contribution in [0, 0.1) is 0 Å². The van der Waals surface area contributed by atoms with Gasteiger partial charge in [-0.2, -0.15) is 0 Å². The summed E-state index contributed by atoms with van der Waals surface area (Å²) in [5.41, 5.74) is 5.50. The summed E-state index contributed by atoms with van der Waals surface area (Å²) in [6.45, 7) is 16.0. The summed E-state index contributed by atoms with van der Waals surface area (Å²) in [6, 6.07) is 43.2. The van der Waals surface area contributed by atoms with Crippen molar-refractivity contribution in [3.8, 4) is 22.3 Å². The summed E-state index contributed by atoms with van der Waals surface area (Å²) in [4.78, 5) is 0. The van der Waals surface area contributed by atoms with Crippen LogP contribution in [0.4, 0.5) is 0 Å². The molecule has 0 nitrogen and oxygen atoms in total. The highest BCUT2D eigenvalue weighted by molar-refractivity contribution is 6.15. The Labute approximate surface area is 231 Å². The van der Waals surface area contributed by atoms with Gasteiger partial charge in [0, 0.05) is 0 Å². The third-order valence-electron chi connectivity index (χ3n) is 6.03. The quantitative estimate of drug-likeness (QED) is 0.182. The monoisotopic (exact) mass is 500 g/mol. The van der Waals surface area contributed by atoms with Gasteiger partial charge >= 0.3 is 0 Å². The van der Waals surface area contributed by atoms with Crippen LogP contribution in [0.5, 0.6) is 0 Å². The fourth-order valence-corrected chi connectivity index (χ4v) is 4.63. The molecule has 0 aromatic heterocycles. The molecule has 6 aromatic carbocycles. The summed E-state index contributed by atoms with van der Waals surface area (Å²) >= 11 is 0. The molecular formula is C38H44. The molecule has 0 spiro atoms. The topological polar surface area (TPSA) is 0 Å². The van der Waals surface area contributed by atoms with E-state index in [0.717, 1.165) is 0 Å². The molecule has 0 fully saturated rings. The van der Waals surface area contributed by atoms with Gasteiger partial charge in [-0.3, -0.25) is 0 Å². The minimum Gasteiger partial charge on any atom is -0.0683 e. The standard InChI is InChI=1S/C16H10.C14H10.4C2H6/c1-2-8-13-12(7-1)14-9-3-5-11-6-4-10-15(13)16(11)14;1-2-6-12-10-14-8-4-3-7-13(14)9-11(12)5-1;4*1-2/h1-10H;1-10H;4*1-2H3. The molecule has 7 rings (SSSR count). The minimum absolute atomic E-state index is 1.31. The van der Waals surface area contributed by atoms with Crippen molar-refractivity contribution in [1.82, 2.24) is 0 Å². The molecule has 0 radical (unpaired) electrons. The van der Waals surface area contributed by atoms with Crippen LogP contribution in [0.2, 0.25) is 0 Å². The van der Waals surface area contributed by atoms with E-state index in [9.17, 15) is 0 Å². The molecule has 0 saturated heterocycles. The van der Waals surface area contributed by atoms with Gasteiger partial charge in [0.05, 0.1) is 0 Å². The van der Waals surface area contributed by atoms with Gasteiger partial charge in [-0.1, -0.05) is 165 Å². The Morgan fingerprint density at radius 1 is 0.263 bits per heavy atom. The first-order chi connectivity index (χ1) is 18.9. The van der Waals surface area contributed by atoms with Crippen molar-refractivity contribution in [2.75, 3.05) is 0 Å². The molecule has 0 bridgehead atoms. The lowest BCUT2D eigenvalue weighted by Gasteiger charge is -2.00. The molecule has 196 valence electrons. The minimum atomic E-state index is 1.31. The average Bonchev–Trinajstić information content (AvgIpc) is 3.36. The van der Waals surface area contributed by atoms with Crippen LogP contribution in [-0.4, -0.2) is 0 Å². The predicted octanol–water partition coefficient (Wildman–Crippen LogP) is 12.6. The molecule has 0 N–H and O–H groups in total. The zero-order valence-electron chi connectivity index (χ0n) is 24.5. The molecule has 1 aliphatic rings. The van der Waals surface area contributed by atoms with E-state index >= 15 is 0 Å². The number of rotatable bonds is 0. The van der Waals surface area contributed by atoms with Crippen molar-refractivity contribution in [2.24, 2.45) is 0 Å². The Bertz CT molecular complexity index is 1380. The molecule has 0 heterocycles. The van der Waals surface area contributed by atoms with Crippen LogP contribution in [0.15, 0.2) is 121 Å². The molecule has 0 unspecified atom stereocenters. The van der Waals surface area contributed by atoms with Crippen molar-refractivity contribution in [1.29, 1.82) is 0 Å². The van der Waals surface area contributed by atoms with Crippen molar-refractivity contribution >= 4 is 32.3 Å². The molecule has 0 atom stereocenters. The van der Waals surface area contributed by atoms with E-state index in [-0.39, 0.29) is 0 Å². The number of hydrogen-bond acceptors (Lipinski definition) is 0. The largest absolute Gasteiger partial charge is 0.0683 e. The average molecular weight is 501 g/mol. The van der Waals surface area contributed by atoms with Gasteiger partial charge in [-0.15, -0.1) is 0 Å². The van der Waals surface area contributed by atoms with E-state index in [4.69, 9.17) is 0 Å². The molecule has 0 saturated carbocycles. The summed E-state index contributed by atoms with van der Waals surface area (Å²) < 4.78 is 0. The molecule has 0 aliphatic heterocycles. The fraction of sp³-hybridized carbons (Fsp3) is 0.211. The van der Waals surface area contributed by atoms with Crippen LogP contribution < -0.4 is 0 Å². The van der Waals surface area contributed by atoms with Crippen LogP contribution in [-0.2, 0) is 0 Å². The molecule has 1 aliphatic carbocycles. The molecule has 6 aromatic rings. The Hall–Kier alpha value is -3.90. The van der Waals surface area contributed by atoms with E-state index in [1.165, 1.54) is 54.6 Å². The maximum absolute atomic E-state index is 2.24. The lowest BCUT2D eigenvalue weighted by atomic mass is 10.0. The van der Waals surface area contributed by atoms with Gasteiger partial charge in [-0.25, -0.2) is 0 Å². The second kappa shape index (κ2) is 16.0. The van der Waals surface area contributed by atoms with Crippen LogP contribution in [0.25, 0.3) is 54.6 Å². The normalized spacial score (nSPS) is 9.58. The van der Waals surface area contributed by atoms with Crippen LogP contribution in [0.1, 0.15) is 55.4 Å². The number of fused-ring (bicyclic) bond motifs is 5. The van der Waals surface area contributed by atoms with Crippen LogP contribution in [0.3, 0.4) is 0 Å². The van der Waals surface area contributed by atoms with E-state index in [1.807, 2.05) is 55.4 Å². The van der Waals surface area contributed by atoms with Gasteiger partial charge in [0.25, 0.3) is 0 Å². The van der Waals surface area contributed by atoms with Crippen molar-refractivity contribution in [3.63, 3.8) is 0 Å². The second-order valence-electron chi connectivity index (χ2n) is 7.80. The van der Waals surface area contributed by atoms with Crippen molar-refractivity contribution in [3.05, 3.63) is 121 Å². The van der Waals surface area contributed by atoms with E-state index < -0.39 is 0 Å². The zero-order chi connectivity index (χ0) is 27.9. The van der Waals surface area contributed by atoms with E-state index in [2.05, 4.69) is 121 Å². The van der Waals surface area contributed by atoms with Gasteiger partial charge in [0.15, 0.2) is 0 Å². The first kappa shape index (κ1) is 30.3. The Morgan fingerprint density at radius 2 is 0.526 bits per heavy atom. The lowest BCUT2D eigenvalue weighted by molar-refractivity contribution is 1.50. The zero-order valence-corrected chi connectivity index (χ0v) is 24.5. The maximum atomic E-state index is 2.24. The Balaban J connectivity index is 0.000000213. The molecule has 0 heteroatoms. The SMILES string of the molecule is CC.CC.CC.CC.c1ccc2c(c1)-c1cccc3cccc-2c13.c1ccc2cc3ccccc3cc2c1. The Morgan fingerprint density at radius 3 is 0.868 bits per heavy atom. The summed E-state index contributed by atoms with van der Waals surface area (Å²) in [5.74, 6) is 0. The smallest absolute Gasteiger partial charge is 0.00264 e. The number of hydrogen-bond donors (Lipinski definition) is 0. The third kappa shape index (κ3) is 6.50. The molecule has 0 amide bonds. The van der Waals surface area contributed by atoms with E-state index in [1.54, 1.807) is 0 Å². The fourth-order valence-electron chi connectivity index (χ4n) is 4.63. The number of benzene rings is 6. The first-order valence-electron chi connectivity index (χ1n) is 14.4. The highest BCUT2D eigenvalue weighted by atomic mass is 14.2. The molecular weight excluding hydrogens is 456 g/mol.